The number of nitrogens with one attached hydrogen (secondary N) is 2. The molecule has 0 unspecified atom stereocenters. The van der Waals surface area contributed by atoms with Crippen molar-refractivity contribution in [3.63, 3.8) is 0 Å². The summed E-state index contributed by atoms with van der Waals surface area (Å²) in [5, 5.41) is 4.23. The van der Waals surface area contributed by atoms with Crippen molar-refractivity contribution < 1.29 is 14.3 Å². The monoisotopic (exact) mass is 431 g/mol. The second-order valence-electron chi connectivity index (χ2n) is 9.07. The van der Waals surface area contributed by atoms with Gasteiger partial charge in [-0.15, -0.1) is 0 Å². The van der Waals surface area contributed by atoms with Gasteiger partial charge in [-0.1, -0.05) is 18.2 Å². The average molecular weight is 432 g/mol. The van der Waals surface area contributed by atoms with Gasteiger partial charge in [-0.2, -0.15) is 0 Å². The van der Waals surface area contributed by atoms with Gasteiger partial charge in [0.2, 0.25) is 0 Å². The zero-order valence-corrected chi connectivity index (χ0v) is 18.6. The molecule has 5 rings (SSSR count). The highest BCUT2D eigenvalue weighted by molar-refractivity contribution is 6.01. The van der Waals surface area contributed by atoms with Crippen molar-refractivity contribution in [1.82, 2.24) is 15.2 Å². The first-order valence-electron chi connectivity index (χ1n) is 11.4. The van der Waals surface area contributed by atoms with Gasteiger partial charge >= 0.3 is 0 Å². The van der Waals surface area contributed by atoms with Crippen molar-refractivity contribution in [1.29, 1.82) is 0 Å². The summed E-state index contributed by atoms with van der Waals surface area (Å²) >= 11 is 0. The van der Waals surface area contributed by atoms with Crippen molar-refractivity contribution in [2.24, 2.45) is 5.92 Å². The van der Waals surface area contributed by atoms with E-state index in [2.05, 4.69) is 10.3 Å². The minimum Gasteiger partial charge on any atom is -0.497 e. The number of carbonyl (C=O) groups is 2. The van der Waals surface area contributed by atoms with Crippen LogP contribution in [-0.2, 0) is 6.54 Å². The lowest BCUT2D eigenvalue weighted by molar-refractivity contribution is 0.0732. The molecular weight excluding hydrogens is 402 g/mol. The predicted molar refractivity (Wildman–Crippen MR) is 124 cm³/mol. The Kier molecular flexibility index (Phi) is 5.37. The zero-order valence-electron chi connectivity index (χ0n) is 18.6. The van der Waals surface area contributed by atoms with Crippen LogP contribution in [0.2, 0.25) is 0 Å². The van der Waals surface area contributed by atoms with Gasteiger partial charge in [-0.05, 0) is 73.9 Å². The number of hydrogen-bond acceptors (Lipinski definition) is 3. The molecule has 0 radical (unpaired) electrons. The van der Waals surface area contributed by atoms with Crippen molar-refractivity contribution in [3.8, 4) is 5.75 Å². The van der Waals surface area contributed by atoms with Crippen LogP contribution in [0, 0.1) is 12.8 Å². The maximum atomic E-state index is 13.0. The van der Waals surface area contributed by atoms with Gasteiger partial charge in [-0.25, -0.2) is 0 Å². The van der Waals surface area contributed by atoms with Crippen molar-refractivity contribution in [3.05, 3.63) is 64.8 Å². The van der Waals surface area contributed by atoms with Crippen LogP contribution in [0.3, 0.4) is 0 Å². The number of aryl methyl sites for hydroxylation is 1. The summed E-state index contributed by atoms with van der Waals surface area (Å²) < 4.78 is 5.31. The number of hydrogen-bond donors (Lipinski definition) is 2. The fourth-order valence-corrected chi connectivity index (χ4v) is 5.18. The molecule has 6 nitrogen and oxygen atoms in total. The molecule has 0 bridgehead atoms. The number of aromatic nitrogens is 1. The first-order chi connectivity index (χ1) is 15.5. The summed E-state index contributed by atoms with van der Waals surface area (Å²) in [5.41, 5.74) is 4.48. The SMILES string of the molecule is COc1ccc2[nH]c(C(=O)NC3CCC(CN4Cc5ccccc5C4=O)CC3)c(C)c2c1. The standard InChI is InChI=1S/C26H29N3O3/c1-16-22-13-20(32-2)11-12-23(22)28-24(16)25(30)27-19-9-7-17(8-10-19)14-29-15-18-5-3-4-6-21(18)26(29)31/h3-6,11-13,17,19,28H,7-10,14-15H2,1-2H3,(H,27,30). The highest BCUT2D eigenvalue weighted by atomic mass is 16.5. The maximum Gasteiger partial charge on any atom is 0.268 e. The van der Waals surface area contributed by atoms with Gasteiger partial charge in [0.25, 0.3) is 11.8 Å². The molecule has 1 aromatic heterocycles. The fraction of sp³-hybridized carbons (Fsp3) is 0.385. The largest absolute Gasteiger partial charge is 0.497 e. The molecule has 2 heterocycles. The second-order valence-corrected chi connectivity index (χ2v) is 9.07. The van der Waals surface area contributed by atoms with E-state index >= 15 is 0 Å². The number of fused-ring (bicyclic) bond motifs is 2. The van der Waals surface area contributed by atoms with E-state index in [-0.39, 0.29) is 17.9 Å². The number of benzene rings is 2. The molecule has 0 spiro atoms. The Balaban J connectivity index is 1.17. The number of ether oxygens (including phenoxy) is 1. The lowest BCUT2D eigenvalue weighted by atomic mass is 9.85. The molecule has 166 valence electrons. The molecule has 1 aliphatic heterocycles. The molecule has 0 saturated heterocycles. The van der Waals surface area contributed by atoms with Gasteiger partial charge in [-0.3, -0.25) is 9.59 Å². The Labute approximate surface area is 187 Å². The molecule has 6 heteroatoms. The van der Waals surface area contributed by atoms with Crippen LogP contribution in [-0.4, -0.2) is 41.4 Å². The number of aromatic amines is 1. The lowest BCUT2D eigenvalue weighted by Crippen LogP contribution is -2.40. The van der Waals surface area contributed by atoms with Gasteiger partial charge in [0.05, 0.1) is 7.11 Å². The highest BCUT2D eigenvalue weighted by Crippen LogP contribution is 2.30. The summed E-state index contributed by atoms with van der Waals surface area (Å²) in [6.45, 7) is 3.49. The van der Waals surface area contributed by atoms with Gasteiger partial charge in [0.1, 0.15) is 11.4 Å². The lowest BCUT2D eigenvalue weighted by Gasteiger charge is -2.31. The molecule has 1 fully saturated rings. The summed E-state index contributed by atoms with van der Waals surface area (Å²) in [7, 11) is 1.64. The zero-order chi connectivity index (χ0) is 22.2. The van der Waals surface area contributed by atoms with E-state index in [4.69, 9.17) is 4.74 Å². The molecule has 1 aliphatic carbocycles. The Morgan fingerprint density at radius 2 is 1.94 bits per heavy atom. The molecule has 2 N–H and O–H groups in total. The van der Waals surface area contributed by atoms with E-state index in [1.165, 1.54) is 0 Å². The van der Waals surface area contributed by atoms with Crippen molar-refractivity contribution in [2.45, 2.75) is 45.2 Å². The summed E-state index contributed by atoms with van der Waals surface area (Å²) in [5.74, 6) is 1.38. The smallest absolute Gasteiger partial charge is 0.268 e. The van der Waals surface area contributed by atoms with Crippen molar-refractivity contribution in [2.75, 3.05) is 13.7 Å². The normalized spacial score (nSPS) is 20.4. The topological polar surface area (TPSA) is 74.4 Å². The predicted octanol–water partition coefficient (Wildman–Crippen LogP) is 4.43. The quantitative estimate of drug-likeness (QED) is 0.628. The summed E-state index contributed by atoms with van der Waals surface area (Å²) in [6.07, 6.45) is 3.93. The van der Waals surface area contributed by atoms with Crippen molar-refractivity contribution >= 4 is 22.7 Å². The van der Waals surface area contributed by atoms with E-state index in [1.807, 2.05) is 54.3 Å². The third-order valence-corrected chi connectivity index (χ3v) is 7.05. The fourth-order valence-electron chi connectivity index (χ4n) is 5.18. The van der Waals surface area contributed by atoms with Crippen LogP contribution in [0.25, 0.3) is 10.9 Å². The van der Waals surface area contributed by atoms with E-state index < -0.39 is 0 Å². The van der Waals surface area contributed by atoms with Crippen LogP contribution >= 0.6 is 0 Å². The Hall–Kier alpha value is -3.28. The molecular formula is C26H29N3O3. The Morgan fingerprint density at radius 1 is 1.16 bits per heavy atom. The highest BCUT2D eigenvalue weighted by Gasteiger charge is 2.31. The van der Waals surface area contributed by atoms with Crippen LogP contribution in [0.1, 0.15) is 57.7 Å². The molecule has 3 aromatic rings. The van der Waals surface area contributed by atoms with Crippen LogP contribution < -0.4 is 10.1 Å². The summed E-state index contributed by atoms with van der Waals surface area (Å²) in [4.78, 5) is 30.8. The Morgan fingerprint density at radius 3 is 2.69 bits per heavy atom. The van der Waals surface area contributed by atoms with Gasteiger partial charge in [0, 0.05) is 35.6 Å². The average Bonchev–Trinajstić information content (AvgIpc) is 3.31. The molecule has 2 aliphatic rings. The molecule has 2 amide bonds. The second kappa shape index (κ2) is 8.34. The number of methoxy groups -OCH3 is 1. The van der Waals surface area contributed by atoms with Gasteiger partial charge in [0.15, 0.2) is 0 Å². The summed E-state index contributed by atoms with van der Waals surface area (Å²) in [6, 6.07) is 13.9. The first kappa shape index (κ1) is 20.6. The van der Waals surface area contributed by atoms with Crippen LogP contribution in [0.4, 0.5) is 0 Å². The third-order valence-electron chi connectivity index (χ3n) is 7.05. The van der Waals surface area contributed by atoms with E-state index in [1.54, 1.807) is 7.11 Å². The van der Waals surface area contributed by atoms with E-state index in [0.717, 1.165) is 72.1 Å². The first-order valence-corrected chi connectivity index (χ1v) is 11.4. The Bertz CT molecular complexity index is 1170. The maximum absolute atomic E-state index is 13.0. The number of nitrogens with zero attached hydrogens (tertiary/aromatic N) is 1. The number of rotatable bonds is 5. The van der Waals surface area contributed by atoms with E-state index in [9.17, 15) is 9.59 Å². The number of amides is 2. The van der Waals surface area contributed by atoms with Crippen LogP contribution in [0.5, 0.6) is 5.75 Å². The van der Waals surface area contributed by atoms with Gasteiger partial charge < -0.3 is 19.9 Å². The third kappa shape index (κ3) is 3.74. The minimum atomic E-state index is -0.0497. The number of H-pyrrole nitrogens is 1. The molecule has 1 saturated carbocycles. The van der Waals surface area contributed by atoms with E-state index in [0.29, 0.717) is 11.6 Å². The molecule has 0 atom stereocenters. The van der Waals surface area contributed by atoms with Crippen LogP contribution in [0.15, 0.2) is 42.5 Å². The molecule has 32 heavy (non-hydrogen) atoms. The minimum absolute atomic E-state index is 0.0497. The number of carbonyl (C=O) groups excluding carboxylic acids is 2. The molecule has 2 aromatic carbocycles.